The molecule has 0 spiro atoms. The summed E-state index contributed by atoms with van der Waals surface area (Å²) < 4.78 is 38.9. The third-order valence-electron chi connectivity index (χ3n) is 8.15. The smallest absolute Gasteiger partial charge is 0.261 e. The summed E-state index contributed by atoms with van der Waals surface area (Å²) in [5.41, 5.74) is 0.817. The van der Waals surface area contributed by atoms with Crippen LogP contribution in [0.4, 0.5) is 0 Å². The van der Waals surface area contributed by atoms with Gasteiger partial charge in [0.15, 0.2) is 5.79 Å². The summed E-state index contributed by atoms with van der Waals surface area (Å²) >= 11 is 1.63. The Bertz CT molecular complexity index is 1240. The molecule has 2 saturated heterocycles. The van der Waals surface area contributed by atoms with E-state index in [1.165, 1.54) is 10.4 Å². The fourth-order valence-electron chi connectivity index (χ4n) is 6.22. The van der Waals surface area contributed by atoms with Crippen molar-refractivity contribution in [2.24, 2.45) is 0 Å². The predicted octanol–water partition coefficient (Wildman–Crippen LogP) is 5.77. The number of ether oxygens (including phenoxy) is 5. The Labute approximate surface area is 256 Å². The van der Waals surface area contributed by atoms with E-state index in [9.17, 15) is 0 Å². The Balaban J connectivity index is 1.42. The summed E-state index contributed by atoms with van der Waals surface area (Å²) in [4.78, 5) is 0. The summed E-state index contributed by atoms with van der Waals surface area (Å²) in [6, 6.07) is 29.3. The molecule has 0 unspecified atom stereocenters. The molecule has 0 amide bonds. The van der Waals surface area contributed by atoms with Crippen LogP contribution in [0.5, 0.6) is 5.75 Å². The number of hydrogen-bond acceptors (Lipinski definition) is 7. The highest BCUT2D eigenvalue weighted by Gasteiger charge is 2.57. The topological polar surface area (TPSA) is 55.4 Å². The van der Waals surface area contributed by atoms with Gasteiger partial charge in [-0.15, -0.1) is 11.8 Å². The molecule has 2 heterocycles. The van der Waals surface area contributed by atoms with Gasteiger partial charge < -0.3 is 28.1 Å². The first-order valence-corrected chi connectivity index (χ1v) is 17.8. The average molecular weight is 609 g/mol. The van der Waals surface area contributed by atoms with Crippen LogP contribution < -0.4 is 15.1 Å². The first-order chi connectivity index (χ1) is 20.1. The first-order valence-electron chi connectivity index (χ1n) is 14.6. The third kappa shape index (κ3) is 6.36. The molecule has 8 heteroatoms. The zero-order valence-electron chi connectivity index (χ0n) is 25.7. The van der Waals surface area contributed by atoms with E-state index in [-0.39, 0.29) is 34.9 Å². The van der Waals surface area contributed by atoms with E-state index in [2.05, 4.69) is 87.7 Å². The van der Waals surface area contributed by atoms with Crippen LogP contribution in [-0.2, 0) is 30.0 Å². The van der Waals surface area contributed by atoms with Crippen LogP contribution in [0.2, 0.25) is 5.04 Å². The molecule has 2 fully saturated rings. The Morgan fingerprint density at radius 1 is 0.833 bits per heavy atom. The van der Waals surface area contributed by atoms with Crippen molar-refractivity contribution >= 4 is 30.5 Å². The minimum absolute atomic E-state index is 0.140. The lowest BCUT2D eigenvalue weighted by Gasteiger charge is -2.46. The second-order valence-electron chi connectivity index (χ2n) is 12.4. The molecule has 5 rings (SSSR count). The quantitative estimate of drug-likeness (QED) is 0.271. The maximum atomic E-state index is 7.28. The molecule has 2 aliphatic rings. The Morgan fingerprint density at radius 2 is 1.40 bits per heavy atom. The van der Waals surface area contributed by atoms with Crippen molar-refractivity contribution in [3.05, 3.63) is 90.5 Å². The predicted molar refractivity (Wildman–Crippen MR) is 171 cm³/mol. The van der Waals surface area contributed by atoms with Crippen LogP contribution in [0.1, 0.15) is 40.2 Å². The van der Waals surface area contributed by atoms with Crippen LogP contribution in [0.3, 0.4) is 0 Å². The van der Waals surface area contributed by atoms with Gasteiger partial charge in [0.25, 0.3) is 8.32 Å². The van der Waals surface area contributed by atoms with Gasteiger partial charge >= 0.3 is 0 Å². The average Bonchev–Trinajstić information content (AvgIpc) is 3.32. The fourth-order valence-corrected chi connectivity index (χ4v) is 11.5. The monoisotopic (exact) mass is 608 g/mol. The van der Waals surface area contributed by atoms with Gasteiger partial charge in [0.1, 0.15) is 35.6 Å². The summed E-state index contributed by atoms with van der Waals surface area (Å²) in [6.45, 7) is 11.6. The molecule has 0 bridgehead atoms. The highest BCUT2D eigenvalue weighted by atomic mass is 32.2. The van der Waals surface area contributed by atoms with E-state index in [4.69, 9.17) is 28.1 Å². The molecule has 0 aromatic heterocycles. The van der Waals surface area contributed by atoms with Crippen molar-refractivity contribution in [3.8, 4) is 5.75 Å². The van der Waals surface area contributed by atoms with Gasteiger partial charge in [-0.05, 0) is 53.2 Å². The van der Waals surface area contributed by atoms with E-state index >= 15 is 0 Å². The van der Waals surface area contributed by atoms with Crippen LogP contribution in [0.25, 0.3) is 0 Å². The zero-order chi connectivity index (χ0) is 30.0. The molecule has 0 aliphatic carbocycles. The normalized spacial score (nSPS) is 25.6. The van der Waals surface area contributed by atoms with Crippen molar-refractivity contribution in [3.63, 3.8) is 0 Å². The lowest BCUT2D eigenvalue weighted by molar-refractivity contribution is -0.185. The molecule has 42 heavy (non-hydrogen) atoms. The number of methoxy groups -OCH3 is 1. The standard InChI is InChI=1S/C34H44O6SSi/c1-33(2,3)42(26-14-10-8-11-15-26,27-16-12-9-13-17-27)37-23-28-29-30(40-34(4,5)39-29)31(32(38-28)41-7)36-22-24-18-20-25(35-6)21-19-24/h8-21,28-32H,22-23H2,1-7H3/t28-,29+,30+,31-,32+/m1/s1. The highest BCUT2D eigenvalue weighted by Crippen LogP contribution is 2.43. The molecule has 0 radical (unpaired) electrons. The Hall–Kier alpha value is -2.17. The van der Waals surface area contributed by atoms with E-state index in [0.29, 0.717) is 13.2 Å². The Kier molecular flexibility index (Phi) is 9.54. The van der Waals surface area contributed by atoms with Crippen molar-refractivity contribution in [2.75, 3.05) is 20.0 Å². The minimum atomic E-state index is -2.75. The highest BCUT2D eigenvalue weighted by molar-refractivity contribution is 7.99. The number of fused-ring (bicyclic) bond motifs is 1. The number of hydrogen-bond donors (Lipinski definition) is 0. The molecule has 6 nitrogen and oxygen atoms in total. The number of rotatable bonds is 10. The van der Waals surface area contributed by atoms with Gasteiger partial charge in [0.05, 0.1) is 20.3 Å². The lowest BCUT2D eigenvalue weighted by atomic mass is 10.00. The van der Waals surface area contributed by atoms with Gasteiger partial charge in [-0.2, -0.15) is 0 Å². The van der Waals surface area contributed by atoms with Gasteiger partial charge in [-0.25, -0.2) is 0 Å². The molecular weight excluding hydrogens is 565 g/mol. The van der Waals surface area contributed by atoms with Gasteiger partial charge in [0, 0.05) is 0 Å². The molecule has 0 saturated carbocycles. The Morgan fingerprint density at radius 3 is 1.93 bits per heavy atom. The molecule has 226 valence electrons. The molecule has 3 aromatic carbocycles. The molecule has 3 aromatic rings. The van der Waals surface area contributed by atoms with Crippen molar-refractivity contribution in [1.29, 1.82) is 0 Å². The van der Waals surface area contributed by atoms with E-state index in [1.54, 1.807) is 18.9 Å². The molecule has 2 aliphatic heterocycles. The zero-order valence-corrected chi connectivity index (χ0v) is 27.6. The molecule has 0 N–H and O–H groups in total. The summed E-state index contributed by atoms with van der Waals surface area (Å²) in [6.07, 6.45) is 0.796. The SMILES string of the molecule is COc1ccc(CO[C@@H]2[C@H]3OC(C)(C)O[C@H]3[C@@H](CO[Si](c3ccccc3)(c3ccccc3)C(C)(C)C)O[C@H]2SC)cc1. The minimum Gasteiger partial charge on any atom is -0.497 e. The number of benzene rings is 3. The summed E-state index contributed by atoms with van der Waals surface area (Å²) in [7, 11) is -1.09. The first kappa shape index (κ1) is 31.3. The van der Waals surface area contributed by atoms with Crippen LogP contribution in [-0.4, -0.2) is 63.9 Å². The van der Waals surface area contributed by atoms with Gasteiger partial charge in [0.2, 0.25) is 0 Å². The summed E-state index contributed by atoms with van der Waals surface area (Å²) in [5.74, 6) is 0.0587. The van der Waals surface area contributed by atoms with Crippen molar-refractivity contribution in [1.82, 2.24) is 0 Å². The van der Waals surface area contributed by atoms with Crippen molar-refractivity contribution in [2.45, 2.75) is 81.9 Å². The largest absolute Gasteiger partial charge is 0.497 e. The van der Waals surface area contributed by atoms with Crippen LogP contribution in [0.15, 0.2) is 84.9 Å². The van der Waals surface area contributed by atoms with Gasteiger partial charge in [-0.1, -0.05) is 93.6 Å². The van der Waals surface area contributed by atoms with Gasteiger partial charge in [-0.3, -0.25) is 0 Å². The maximum Gasteiger partial charge on any atom is 0.261 e. The van der Waals surface area contributed by atoms with E-state index in [1.807, 2.05) is 38.1 Å². The maximum absolute atomic E-state index is 7.28. The molecular formula is C34H44O6SSi. The summed E-state index contributed by atoms with van der Waals surface area (Å²) in [5, 5.41) is 2.34. The second kappa shape index (κ2) is 12.8. The lowest BCUT2D eigenvalue weighted by Crippen LogP contribution is -2.68. The van der Waals surface area contributed by atoms with E-state index < -0.39 is 14.1 Å². The molecule has 5 atom stereocenters. The number of thioether (sulfide) groups is 1. The van der Waals surface area contributed by atoms with E-state index in [0.717, 1.165) is 11.3 Å². The second-order valence-corrected chi connectivity index (χ2v) is 17.7. The third-order valence-corrected chi connectivity index (χ3v) is 14.0. The van der Waals surface area contributed by atoms with Crippen LogP contribution in [0, 0.1) is 0 Å². The fraction of sp³-hybridized carbons (Fsp3) is 0.471. The van der Waals surface area contributed by atoms with Crippen LogP contribution >= 0.6 is 11.8 Å². The van der Waals surface area contributed by atoms with Crippen molar-refractivity contribution < 1.29 is 28.1 Å².